The van der Waals surface area contributed by atoms with Crippen LogP contribution in [-0.2, 0) is 9.53 Å². The Labute approximate surface area is 126 Å². The zero-order chi connectivity index (χ0) is 14.7. The average molecular weight is 288 g/mol. The second kappa shape index (κ2) is 6.16. The van der Waals surface area contributed by atoms with E-state index in [9.17, 15) is 4.79 Å². The predicted octanol–water partition coefficient (Wildman–Crippen LogP) is 2.02. The number of rotatable bonds is 3. The number of benzene rings is 1. The number of amides is 1. The monoisotopic (exact) mass is 288 g/mol. The van der Waals surface area contributed by atoms with Gasteiger partial charge in [0, 0.05) is 13.2 Å². The van der Waals surface area contributed by atoms with E-state index in [-0.39, 0.29) is 23.5 Å². The zero-order valence-corrected chi connectivity index (χ0v) is 12.6. The SMILES string of the molecule is CC1(NC(=O)C2CCCOC2c2ccccc2)CCNC1. The summed E-state index contributed by atoms with van der Waals surface area (Å²) in [6, 6.07) is 10.1. The summed E-state index contributed by atoms with van der Waals surface area (Å²) in [5, 5.41) is 6.56. The van der Waals surface area contributed by atoms with Crippen molar-refractivity contribution in [1.29, 1.82) is 0 Å². The molecular formula is C17H24N2O2. The molecule has 2 aliphatic rings. The Bertz CT molecular complexity index is 483. The van der Waals surface area contributed by atoms with E-state index in [1.807, 2.05) is 18.2 Å². The van der Waals surface area contributed by atoms with E-state index in [1.165, 1.54) is 0 Å². The Balaban J connectivity index is 1.73. The number of hydrogen-bond acceptors (Lipinski definition) is 3. The van der Waals surface area contributed by atoms with Gasteiger partial charge >= 0.3 is 0 Å². The van der Waals surface area contributed by atoms with Crippen LogP contribution in [0, 0.1) is 5.92 Å². The van der Waals surface area contributed by atoms with Crippen molar-refractivity contribution < 1.29 is 9.53 Å². The highest BCUT2D eigenvalue weighted by Gasteiger charge is 2.37. The minimum atomic E-state index is -0.115. The molecule has 1 aromatic rings. The van der Waals surface area contributed by atoms with E-state index >= 15 is 0 Å². The molecule has 0 bridgehead atoms. The summed E-state index contributed by atoms with van der Waals surface area (Å²) in [7, 11) is 0. The van der Waals surface area contributed by atoms with E-state index in [0.717, 1.165) is 44.5 Å². The summed E-state index contributed by atoms with van der Waals surface area (Å²) in [6.07, 6.45) is 2.73. The lowest BCUT2D eigenvalue weighted by molar-refractivity contribution is -0.136. The van der Waals surface area contributed by atoms with Gasteiger partial charge in [-0.1, -0.05) is 30.3 Å². The van der Waals surface area contributed by atoms with Crippen LogP contribution >= 0.6 is 0 Å². The van der Waals surface area contributed by atoms with Gasteiger partial charge < -0.3 is 15.4 Å². The van der Waals surface area contributed by atoms with Crippen molar-refractivity contribution in [2.75, 3.05) is 19.7 Å². The molecule has 21 heavy (non-hydrogen) atoms. The lowest BCUT2D eigenvalue weighted by Crippen LogP contribution is -2.51. The third-order valence-electron chi connectivity index (χ3n) is 4.58. The third-order valence-corrected chi connectivity index (χ3v) is 4.58. The maximum atomic E-state index is 12.7. The summed E-state index contributed by atoms with van der Waals surface area (Å²) in [4.78, 5) is 12.7. The molecular weight excluding hydrogens is 264 g/mol. The molecule has 0 aliphatic carbocycles. The second-order valence-corrected chi connectivity index (χ2v) is 6.43. The van der Waals surface area contributed by atoms with Gasteiger partial charge in [0.2, 0.25) is 5.91 Å². The second-order valence-electron chi connectivity index (χ2n) is 6.43. The molecule has 2 heterocycles. The Hall–Kier alpha value is -1.39. The third kappa shape index (κ3) is 3.27. The molecule has 2 aliphatic heterocycles. The van der Waals surface area contributed by atoms with Gasteiger partial charge in [0.15, 0.2) is 0 Å². The lowest BCUT2D eigenvalue weighted by Gasteiger charge is -2.34. The maximum Gasteiger partial charge on any atom is 0.226 e. The topological polar surface area (TPSA) is 50.4 Å². The first kappa shape index (κ1) is 14.5. The van der Waals surface area contributed by atoms with Crippen molar-refractivity contribution in [3.05, 3.63) is 35.9 Å². The molecule has 3 unspecified atom stereocenters. The molecule has 1 amide bonds. The van der Waals surface area contributed by atoms with Gasteiger partial charge in [-0.25, -0.2) is 0 Å². The minimum Gasteiger partial charge on any atom is -0.373 e. The van der Waals surface area contributed by atoms with Crippen LogP contribution in [0.5, 0.6) is 0 Å². The molecule has 3 atom stereocenters. The highest BCUT2D eigenvalue weighted by Crippen LogP contribution is 2.34. The van der Waals surface area contributed by atoms with Crippen LogP contribution in [0.1, 0.15) is 37.9 Å². The molecule has 4 heteroatoms. The number of nitrogens with one attached hydrogen (secondary N) is 2. The molecule has 0 spiro atoms. The van der Waals surface area contributed by atoms with Crippen LogP contribution in [0.2, 0.25) is 0 Å². The van der Waals surface area contributed by atoms with Crippen molar-refractivity contribution in [3.8, 4) is 0 Å². The van der Waals surface area contributed by atoms with Gasteiger partial charge in [0.1, 0.15) is 0 Å². The van der Waals surface area contributed by atoms with E-state index in [1.54, 1.807) is 0 Å². The molecule has 4 nitrogen and oxygen atoms in total. The quantitative estimate of drug-likeness (QED) is 0.894. The molecule has 1 aromatic carbocycles. The van der Waals surface area contributed by atoms with Crippen LogP contribution in [0.4, 0.5) is 0 Å². The average Bonchev–Trinajstić information content (AvgIpc) is 2.94. The van der Waals surface area contributed by atoms with Crippen LogP contribution in [0.25, 0.3) is 0 Å². The van der Waals surface area contributed by atoms with Crippen molar-refractivity contribution >= 4 is 5.91 Å². The Morgan fingerprint density at radius 3 is 2.90 bits per heavy atom. The van der Waals surface area contributed by atoms with Crippen molar-refractivity contribution in [2.45, 2.75) is 37.8 Å². The molecule has 0 saturated carbocycles. The van der Waals surface area contributed by atoms with Gasteiger partial charge in [-0.3, -0.25) is 4.79 Å². The fourth-order valence-electron chi connectivity index (χ4n) is 3.33. The van der Waals surface area contributed by atoms with Gasteiger partial charge in [-0.2, -0.15) is 0 Å². The summed E-state index contributed by atoms with van der Waals surface area (Å²) in [5.74, 6) is 0.0494. The van der Waals surface area contributed by atoms with Crippen LogP contribution < -0.4 is 10.6 Å². The molecule has 3 rings (SSSR count). The molecule has 114 valence electrons. The van der Waals surface area contributed by atoms with Crippen LogP contribution in [0.15, 0.2) is 30.3 Å². The highest BCUT2D eigenvalue weighted by molar-refractivity contribution is 5.80. The first-order valence-electron chi connectivity index (χ1n) is 7.87. The number of ether oxygens (including phenoxy) is 1. The number of hydrogen-bond donors (Lipinski definition) is 2. The Morgan fingerprint density at radius 1 is 1.38 bits per heavy atom. The Kier molecular flexibility index (Phi) is 4.27. The standard InChI is InChI=1S/C17H24N2O2/c1-17(9-10-18-12-17)19-16(20)14-8-5-11-21-15(14)13-6-3-2-4-7-13/h2-4,6-7,14-15,18H,5,8-12H2,1H3,(H,19,20). The number of carbonyl (C=O) groups excluding carboxylic acids is 1. The largest absolute Gasteiger partial charge is 0.373 e. The minimum absolute atomic E-state index is 0.0847. The van der Waals surface area contributed by atoms with Crippen LogP contribution in [-0.4, -0.2) is 31.1 Å². The summed E-state index contributed by atoms with van der Waals surface area (Å²) >= 11 is 0. The van der Waals surface area contributed by atoms with Crippen molar-refractivity contribution in [2.24, 2.45) is 5.92 Å². The predicted molar refractivity (Wildman–Crippen MR) is 81.9 cm³/mol. The van der Waals surface area contributed by atoms with E-state index in [4.69, 9.17) is 4.74 Å². The zero-order valence-electron chi connectivity index (χ0n) is 12.6. The highest BCUT2D eigenvalue weighted by atomic mass is 16.5. The van der Waals surface area contributed by atoms with Gasteiger partial charge in [0.25, 0.3) is 0 Å². The molecule has 0 radical (unpaired) electrons. The van der Waals surface area contributed by atoms with Crippen LogP contribution in [0.3, 0.4) is 0 Å². The Morgan fingerprint density at radius 2 is 2.19 bits per heavy atom. The molecule has 2 saturated heterocycles. The van der Waals surface area contributed by atoms with Gasteiger partial charge in [-0.05, 0) is 38.3 Å². The fraction of sp³-hybridized carbons (Fsp3) is 0.588. The normalized spacial score (nSPS) is 32.8. The first-order chi connectivity index (χ1) is 10.2. The van der Waals surface area contributed by atoms with Crippen molar-refractivity contribution in [3.63, 3.8) is 0 Å². The van der Waals surface area contributed by atoms with Gasteiger partial charge in [0.05, 0.1) is 17.6 Å². The van der Waals surface area contributed by atoms with Gasteiger partial charge in [-0.15, -0.1) is 0 Å². The van der Waals surface area contributed by atoms with E-state index in [0.29, 0.717) is 0 Å². The number of carbonyl (C=O) groups is 1. The smallest absolute Gasteiger partial charge is 0.226 e. The first-order valence-corrected chi connectivity index (χ1v) is 7.87. The molecule has 2 fully saturated rings. The summed E-state index contributed by atoms with van der Waals surface area (Å²) < 4.78 is 5.92. The lowest BCUT2D eigenvalue weighted by atomic mass is 9.87. The molecule has 0 aromatic heterocycles. The fourth-order valence-corrected chi connectivity index (χ4v) is 3.33. The molecule has 2 N–H and O–H groups in total. The van der Waals surface area contributed by atoms with Crippen molar-refractivity contribution in [1.82, 2.24) is 10.6 Å². The van der Waals surface area contributed by atoms with E-state index in [2.05, 4.69) is 29.7 Å². The summed E-state index contributed by atoms with van der Waals surface area (Å²) in [5.41, 5.74) is 0.988. The maximum absolute atomic E-state index is 12.7. The van der Waals surface area contributed by atoms with E-state index < -0.39 is 0 Å². The summed E-state index contributed by atoms with van der Waals surface area (Å²) in [6.45, 7) is 4.68.